The highest BCUT2D eigenvalue weighted by Gasteiger charge is 2.17. The molecular weight excluding hydrogens is 308 g/mol. The molecule has 6 nitrogen and oxygen atoms in total. The summed E-state index contributed by atoms with van der Waals surface area (Å²) in [7, 11) is 0. The van der Waals surface area contributed by atoms with Gasteiger partial charge in [-0.15, -0.1) is 0 Å². The van der Waals surface area contributed by atoms with E-state index in [2.05, 4.69) is 24.0 Å². The maximum absolute atomic E-state index is 9.93. The molecule has 1 unspecified atom stereocenters. The summed E-state index contributed by atoms with van der Waals surface area (Å²) in [5, 5.41) is 13.9. The van der Waals surface area contributed by atoms with Gasteiger partial charge in [0.15, 0.2) is 12.4 Å². The Kier molecular flexibility index (Phi) is 5.96. The van der Waals surface area contributed by atoms with Crippen LogP contribution in [0.5, 0.6) is 5.75 Å². The second-order valence-corrected chi connectivity index (χ2v) is 6.79. The van der Waals surface area contributed by atoms with Gasteiger partial charge in [0, 0.05) is 6.61 Å². The minimum absolute atomic E-state index is 0.186. The second-order valence-electron chi connectivity index (χ2n) is 6.79. The van der Waals surface area contributed by atoms with Crippen molar-refractivity contribution in [2.45, 2.75) is 52.9 Å². The number of nitrogens with zero attached hydrogens (tertiary/aromatic N) is 2. The van der Waals surface area contributed by atoms with Gasteiger partial charge in [0.2, 0.25) is 0 Å². The lowest BCUT2D eigenvalue weighted by Gasteiger charge is -2.17. The lowest BCUT2D eigenvalue weighted by atomic mass is 9.99. The predicted octanol–water partition coefficient (Wildman–Crippen LogP) is 3.61. The molecule has 1 aromatic heterocycles. The van der Waals surface area contributed by atoms with Gasteiger partial charge in [-0.1, -0.05) is 31.1 Å². The fraction of sp³-hybridized carbons (Fsp3) is 0.556. The van der Waals surface area contributed by atoms with Crippen molar-refractivity contribution in [3.8, 4) is 5.75 Å². The van der Waals surface area contributed by atoms with Gasteiger partial charge in [-0.25, -0.2) is 0 Å². The fourth-order valence-electron chi connectivity index (χ4n) is 2.01. The normalized spacial score (nSPS) is 13.3. The first kappa shape index (κ1) is 18.4. The third-order valence-electron chi connectivity index (χ3n) is 3.45. The van der Waals surface area contributed by atoms with Crippen molar-refractivity contribution in [1.29, 1.82) is 0 Å². The molecule has 0 fully saturated rings. The average Bonchev–Trinajstić information content (AvgIpc) is 2.99. The molecule has 0 aliphatic carbocycles. The molecular formula is C18H26N2O4. The Labute approximate surface area is 142 Å². The molecule has 24 heavy (non-hydrogen) atoms. The molecule has 0 saturated heterocycles. The maximum Gasteiger partial charge on any atom is 0.264 e. The van der Waals surface area contributed by atoms with Crippen LogP contribution in [0, 0.1) is 5.92 Å². The van der Waals surface area contributed by atoms with E-state index < -0.39 is 5.60 Å². The Hall–Kier alpha value is -1.92. The molecule has 0 saturated carbocycles. The summed E-state index contributed by atoms with van der Waals surface area (Å²) in [6.45, 7) is 10.4. The topological polar surface area (TPSA) is 77.6 Å². The standard InChI is InChI=1S/C18H26N2O4/c1-12(2)10-22-13(3)17-19-16(24-20-17)11-23-15-8-6-14(7-9-15)18(4,5)21/h6-9,12-13,21H,10-11H2,1-5H3. The van der Waals surface area contributed by atoms with Crippen LogP contribution in [-0.2, 0) is 16.9 Å². The van der Waals surface area contributed by atoms with Gasteiger partial charge < -0.3 is 19.1 Å². The summed E-state index contributed by atoms with van der Waals surface area (Å²) in [4.78, 5) is 4.29. The van der Waals surface area contributed by atoms with Crippen LogP contribution in [0.25, 0.3) is 0 Å². The second kappa shape index (κ2) is 7.77. The van der Waals surface area contributed by atoms with Crippen molar-refractivity contribution < 1.29 is 19.1 Å². The Morgan fingerprint density at radius 2 is 1.83 bits per heavy atom. The Morgan fingerprint density at radius 3 is 2.42 bits per heavy atom. The summed E-state index contributed by atoms with van der Waals surface area (Å²) >= 11 is 0. The summed E-state index contributed by atoms with van der Waals surface area (Å²) in [6, 6.07) is 7.27. The van der Waals surface area contributed by atoms with Crippen LogP contribution in [-0.4, -0.2) is 21.9 Å². The molecule has 0 radical (unpaired) electrons. The fourth-order valence-corrected chi connectivity index (χ4v) is 2.01. The van der Waals surface area contributed by atoms with Gasteiger partial charge in [0.25, 0.3) is 5.89 Å². The first-order valence-electron chi connectivity index (χ1n) is 8.15. The molecule has 1 N–H and O–H groups in total. The van der Waals surface area contributed by atoms with Gasteiger partial charge in [0.1, 0.15) is 11.9 Å². The van der Waals surface area contributed by atoms with Crippen LogP contribution in [0.3, 0.4) is 0 Å². The monoisotopic (exact) mass is 334 g/mol. The maximum atomic E-state index is 9.93. The molecule has 0 aliphatic heterocycles. The Morgan fingerprint density at radius 1 is 1.17 bits per heavy atom. The van der Waals surface area contributed by atoms with Gasteiger partial charge in [-0.3, -0.25) is 0 Å². The van der Waals surface area contributed by atoms with E-state index in [1.807, 2.05) is 19.1 Å². The molecule has 0 aliphatic rings. The van der Waals surface area contributed by atoms with Crippen LogP contribution in [0.2, 0.25) is 0 Å². The van der Waals surface area contributed by atoms with Crippen LogP contribution in [0.15, 0.2) is 28.8 Å². The van der Waals surface area contributed by atoms with E-state index in [0.29, 0.717) is 30.0 Å². The first-order valence-corrected chi connectivity index (χ1v) is 8.15. The van der Waals surface area contributed by atoms with E-state index in [9.17, 15) is 5.11 Å². The number of hydrogen-bond acceptors (Lipinski definition) is 6. The molecule has 1 heterocycles. The molecule has 1 aromatic carbocycles. The summed E-state index contributed by atoms with van der Waals surface area (Å²) in [5.74, 6) is 2.05. The van der Waals surface area contributed by atoms with Crippen molar-refractivity contribution in [1.82, 2.24) is 10.1 Å². The number of benzene rings is 1. The highest BCUT2D eigenvalue weighted by molar-refractivity contribution is 5.30. The lowest BCUT2D eigenvalue weighted by molar-refractivity contribution is 0.0402. The summed E-state index contributed by atoms with van der Waals surface area (Å²) in [6.07, 6.45) is -0.212. The Bertz CT molecular complexity index is 629. The van der Waals surface area contributed by atoms with Crippen molar-refractivity contribution in [2.24, 2.45) is 5.92 Å². The number of ether oxygens (including phenoxy) is 2. The first-order chi connectivity index (χ1) is 11.3. The van der Waals surface area contributed by atoms with Crippen LogP contribution < -0.4 is 4.74 Å². The third-order valence-corrected chi connectivity index (χ3v) is 3.45. The van der Waals surface area contributed by atoms with Crippen LogP contribution >= 0.6 is 0 Å². The number of hydrogen-bond donors (Lipinski definition) is 1. The minimum Gasteiger partial charge on any atom is -0.484 e. The third kappa shape index (κ3) is 5.32. The number of aromatic nitrogens is 2. The van der Waals surface area contributed by atoms with Gasteiger partial charge in [-0.05, 0) is 44.4 Å². The molecule has 0 spiro atoms. The highest BCUT2D eigenvalue weighted by Crippen LogP contribution is 2.23. The van der Waals surface area contributed by atoms with E-state index in [0.717, 1.165) is 5.56 Å². The minimum atomic E-state index is -0.869. The van der Waals surface area contributed by atoms with E-state index in [-0.39, 0.29) is 12.7 Å². The van der Waals surface area contributed by atoms with Gasteiger partial charge in [0.05, 0.1) is 5.60 Å². The van der Waals surface area contributed by atoms with Crippen molar-refractivity contribution >= 4 is 0 Å². The van der Waals surface area contributed by atoms with Gasteiger partial charge >= 0.3 is 0 Å². The molecule has 2 aromatic rings. The average molecular weight is 334 g/mol. The molecule has 0 amide bonds. The van der Waals surface area contributed by atoms with Crippen molar-refractivity contribution in [2.75, 3.05) is 6.61 Å². The quantitative estimate of drug-likeness (QED) is 0.794. The zero-order chi connectivity index (χ0) is 17.7. The van der Waals surface area contributed by atoms with E-state index in [1.54, 1.807) is 26.0 Å². The molecule has 0 bridgehead atoms. The van der Waals surface area contributed by atoms with E-state index in [1.165, 1.54) is 0 Å². The van der Waals surface area contributed by atoms with Crippen LogP contribution in [0.4, 0.5) is 0 Å². The summed E-state index contributed by atoms with van der Waals surface area (Å²) < 4.78 is 16.5. The van der Waals surface area contributed by atoms with E-state index >= 15 is 0 Å². The van der Waals surface area contributed by atoms with E-state index in [4.69, 9.17) is 14.0 Å². The molecule has 1 atom stereocenters. The zero-order valence-electron chi connectivity index (χ0n) is 14.9. The van der Waals surface area contributed by atoms with Crippen LogP contribution in [0.1, 0.15) is 58.0 Å². The van der Waals surface area contributed by atoms with Gasteiger partial charge in [-0.2, -0.15) is 4.98 Å². The zero-order valence-corrected chi connectivity index (χ0v) is 14.9. The molecule has 2 rings (SSSR count). The van der Waals surface area contributed by atoms with Crippen molar-refractivity contribution in [3.05, 3.63) is 41.5 Å². The summed E-state index contributed by atoms with van der Waals surface area (Å²) in [5.41, 5.74) is -0.0440. The van der Waals surface area contributed by atoms with Crippen molar-refractivity contribution in [3.63, 3.8) is 0 Å². The lowest BCUT2D eigenvalue weighted by Crippen LogP contribution is -2.14. The smallest absolute Gasteiger partial charge is 0.264 e. The molecule has 132 valence electrons. The Balaban J connectivity index is 1.89. The number of rotatable bonds is 8. The predicted molar refractivity (Wildman–Crippen MR) is 89.5 cm³/mol. The SMILES string of the molecule is CC(C)COC(C)c1noc(COc2ccc(C(C)(C)O)cc2)n1. The largest absolute Gasteiger partial charge is 0.484 e. The highest BCUT2D eigenvalue weighted by atomic mass is 16.5. The molecule has 6 heteroatoms. The number of aliphatic hydroxyl groups is 1.